The summed E-state index contributed by atoms with van der Waals surface area (Å²) in [5.41, 5.74) is 3.22. The summed E-state index contributed by atoms with van der Waals surface area (Å²) < 4.78 is 0. The van der Waals surface area contributed by atoms with E-state index in [4.69, 9.17) is 6.42 Å². The molecule has 0 heterocycles. The molecule has 0 aliphatic rings. The Labute approximate surface area is 183 Å². The molecule has 0 nitrogen and oxygen atoms in total. The first kappa shape index (κ1) is 17.9. The summed E-state index contributed by atoms with van der Waals surface area (Å²) in [5, 5.41) is 12.6. The summed E-state index contributed by atoms with van der Waals surface area (Å²) in [6.07, 6.45) is 6.24. The van der Waals surface area contributed by atoms with Crippen LogP contribution in [0.4, 0.5) is 0 Å². The first-order chi connectivity index (χ1) is 15.3. The van der Waals surface area contributed by atoms with Gasteiger partial charge in [0.15, 0.2) is 0 Å². The molecule has 6 aromatic carbocycles. The van der Waals surface area contributed by atoms with E-state index in [-0.39, 0.29) is 0 Å². The van der Waals surface area contributed by atoms with Gasteiger partial charge >= 0.3 is 0 Å². The largest absolute Gasteiger partial charge is 0.214 e. The number of hydrogen-bond donors (Lipinski definition) is 0. The van der Waals surface area contributed by atoms with Gasteiger partial charge in [-0.25, -0.2) is 0 Å². The Hall–Kier alpha value is -3.86. The van der Waals surface area contributed by atoms with Crippen LogP contribution in [0, 0.1) is 12.0 Å². The Bertz CT molecular complexity index is 1530. The highest BCUT2D eigenvalue weighted by atomic mass is 28.3. The molecule has 0 fully saturated rings. The second kappa shape index (κ2) is 7.13. The van der Waals surface area contributed by atoms with Crippen LogP contribution in [0.3, 0.4) is 0 Å². The van der Waals surface area contributed by atoms with Crippen molar-refractivity contribution in [2.75, 3.05) is 0 Å². The molecule has 1 heteroatoms. The van der Waals surface area contributed by atoms with Crippen molar-refractivity contribution in [2.45, 2.75) is 0 Å². The van der Waals surface area contributed by atoms with Crippen molar-refractivity contribution in [2.24, 2.45) is 0 Å². The van der Waals surface area contributed by atoms with E-state index >= 15 is 0 Å². The first-order valence-corrected chi connectivity index (χ1v) is 12.0. The lowest BCUT2D eigenvalue weighted by atomic mass is 10.0. The van der Waals surface area contributed by atoms with Crippen molar-refractivity contribution in [3.63, 3.8) is 0 Å². The highest BCUT2D eigenvalue weighted by Crippen LogP contribution is 2.24. The number of benzene rings is 6. The monoisotopic (exact) mass is 407 g/mol. The molecule has 143 valence electrons. The summed E-state index contributed by atoms with van der Waals surface area (Å²) in [4.78, 5) is 0. The number of terminal acetylenes is 1. The third kappa shape index (κ3) is 2.93. The first-order valence-electron chi connectivity index (χ1n) is 10.5. The molecule has 1 radical (unpaired) electrons. The molecule has 0 atom stereocenters. The van der Waals surface area contributed by atoms with Crippen LogP contribution in [-0.4, -0.2) is 8.80 Å². The SMILES string of the molecule is C#C[Si](c1cccc2cc3ccccc3cc12)c1cccc2cc3ccccc3cc12. The van der Waals surface area contributed by atoms with Gasteiger partial charge in [0, 0.05) is 0 Å². The van der Waals surface area contributed by atoms with Crippen molar-refractivity contribution >= 4 is 62.3 Å². The number of hydrogen-bond acceptors (Lipinski definition) is 0. The van der Waals surface area contributed by atoms with Gasteiger partial charge in [0.05, 0.1) is 0 Å². The zero-order valence-corrected chi connectivity index (χ0v) is 18.0. The maximum Gasteiger partial charge on any atom is 0.214 e. The van der Waals surface area contributed by atoms with Crippen LogP contribution in [-0.2, 0) is 0 Å². The molecule has 0 N–H and O–H groups in total. The van der Waals surface area contributed by atoms with Crippen LogP contribution in [0.5, 0.6) is 0 Å². The topological polar surface area (TPSA) is 0 Å². The molecular formula is C30H19Si. The Kier molecular flexibility index (Phi) is 4.13. The summed E-state index contributed by atoms with van der Waals surface area (Å²) in [7, 11) is -1.40. The van der Waals surface area contributed by atoms with E-state index in [1.807, 2.05) is 0 Å². The van der Waals surface area contributed by atoms with Crippen molar-refractivity contribution in [3.8, 4) is 12.0 Å². The smallest absolute Gasteiger partial charge is 0.127 e. The van der Waals surface area contributed by atoms with Gasteiger partial charge in [-0.2, -0.15) is 0 Å². The molecule has 6 rings (SSSR count). The molecule has 0 unspecified atom stereocenters. The lowest BCUT2D eigenvalue weighted by Gasteiger charge is -2.16. The Morgan fingerprint density at radius 1 is 0.452 bits per heavy atom. The molecule has 0 bridgehead atoms. The van der Waals surface area contributed by atoms with Gasteiger partial charge in [-0.1, -0.05) is 84.9 Å². The minimum atomic E-state index is -1.40. The summed E-state index contributed by atoms with van der Waals surface area (Å²) >= 11 is 0. The lowest BCUT2D eigenvalue weighted by molar-refractivity contribution is 1.77. The fraction of sp³-hybridized carbons (Fsp3) is 0. The summed E-state index contributed by atoms with van der Waals surface area (Å²) in [6, 6.07) is 39.4. The predicted molar refractivity (Wildman–Crippen MR) is 137 cm³/mol. The van der Waals surface area contributed by atoms with E-state index in [1.54, 1.807) is 0 Å². The Balaban J connectivity index is 1.63. The van der Waals surface area contributed by atoms with Crippen molar-refractivity contribution in [3.05, 3.63) is 109 Å². The summed E-state index contributed by atoms with van der Waals surface area (Å²) in [6.45, 7) is 0. The van der Waals surface area contributed by atoms with E-state index in [0.29, 0.717) is 0 Å². The molecule has 0 spiro atoms. The van der Waals surface area contributed by atoms with E-state index in [2.05, 4.69) is 115 Å². The fourth-order valence-corrected chi connectivity index (χ4v) is 6.77. The molecule has 0 amide bonds. The molecule has 0 saturated heterocycles. The zero-order chi connectivity index (χ0) is 20.8. The highest BCUT2D eigenvalue weighted by molar-refractivity contribution is 6.94. The number of rotatable bonds is 2. The molecule has 0 aliphatic carbocycles. The second-order valence-corrected chi connectivity index (χ2v) is 10.1. The average molecular weight is 408 g/mol. The fourth-order valence-electron chi connectivity index (χ4n) is 4.67. The molecule has 0 aliphatic heterocycles. The quantitative estimate of drug-likeness (QED) is 0.185. The third-order valence-corrected chi connectivity index (χ3v) is 8.41. The van der Waals surface area contributed by atoms with Crippen LogP contribution in [0.1, 0.15) is 0 Å². The predicted octanol–water partition coefficient (Wildman–Crippen LogP) is 6.08. The van der Waals surface area contributed by atoms with Crippen LogP contribution in [0.2, 0.25) is 0 Å². The van der Waals surface area contributed by atoms with Crippen LogP contribution in [0.25, 0.3) is 43.1 Å². The minimum absolute atomic E-state index is 1.25. The van der Waals surface area contributed by atoms with Gasteiger partial charge in [-0.15, -0.1) is 12.0 Å². The zero-order valence-electron chi connectivity index (χ0n) is 17.0. The van der Waals surface area contributed by atoms with E-state index in [0.717, 1.165) is 0 Å². The molecule has 6 aromatic rings. The van der Waals surface area contributed by atoms with E-state index in [1.165, 1.54) is 53.5 Å². The van der Waals surface area contributed by atoms with Gasteiger partial charge in [0.1, 0.15) is 0 Å². The maximum absolute atomic E-state index is 6.24. The Morgan fingerprint density at radius 2 is 0.839 bits per heavy atom. The van der Waals surface area contributed by atoms with Gasteiger partial charge < -0.3 is 0 Å². The van der Waals surface area contributed by atoms with Crippen LogP contribution < -0.4 is 10.4 Å². The van der Waals surface area contributed by atoms with Crippen molar-refractivity contribution in [1.82, 2.24) is 0 Å². The second-order valence-electron chi connectivity index (χ2n) is 7.97. The average Bonchev–Trinajstić information content (AvgIpc) is 2.82. The van der Waals surface area contributed by atoms with Crippen molar-refractivity contribution < 1.29 is 0 Å². The van der Waals surface area contributed by atoms with E-state index < -0.39 is 8.80 Å². The lowest BCUT2D eigenvalue weighted by Crippen LogP contribution is -2.42. The third-order valence-electron chi connectivity index (χ3n) is 6.18. The molecule has 0 aromatic heterocycles. The standard InChI is InChI=1S/C30H19Si/c1-2-31(29-15-7-13-25-17-21-9-3-5-11-23(21)19-27(25)29)30-16-8-14-26-18-22-10-4-6-12-24(22)20-28(26)30/h1,3-20H. The van der Waals surface area contributed by atoms with Crippen LogP contribution in [0.15, 0.2) is 109 Å². The number of fused-ring (bicyclic) bond motifs is 4. The highest BCUT2D eigenvalue weighted by Gasteiger charge is 2.20. The minimum Gasteiger partial charge on any atom is -0.127 e. The van der Waals surface area contributed by atoms with E-state index in [9.17, 15) is 0 Å². The maximum atomic E-state index is 6.24. The Morgan fingerprint density at radius 3 is 1.26 bits per heavy atom. The van der Waals surface area contributed by atoms with Crippen molar-refractivity contribution in [1.29, 1.82) is 0 Å². The van der Waals surface area contributed by atoms with Crippen LogP contribution >= 0.6 is 0 Å². The van der Waals surface area contributed by atoms with Gasteiger partial charge in [-0.05, 0) is 77.7 Å². The molecule has 31 heavy (non-hydrogen) atoms. The summed E-state index contributed by atoms with van der Waals surface area (Å²) in [5.74, 6) is 0. The molecular weight excluding hydrogens is 388 g/mol. The van der Waals surface area contributed by atoms with Gasteiger partial charge in [0.2, 0.25) is 8.80 Å². The molecule has 0 saturated carbocycles. The van der Waals surface area contributed by atoms with Gasteiger partial charge in [0.25, 0.3) is 0 Å². The normalized spacial score (nSPS) is 11.5. The van der Waals surface area contributed by atoms with Gasteiger partial charge in [-0.3, -0.25) is 0 Å².